The van der Waals surface area contributed by atoms with E-state index in [4.69, 9.17) is 0 Å². The minimum absolute atomic E-state index is 0.160. The Bertz CT molecular complexity index is 905. The molecule has 0 bridgehead atoms. The van der Waals surface area contributed by atoms with Crippen LogP contribution >= 0.6 is 0 Å². The summed E-state index contributed by atoms with van der Waals surface area (Å²) in [6, 6.07) is 4.98. The third kappa shape index (κ3) is 4.29. The van der Waals surface area contributed by atoms with E-state index in [0.29, 0.717) is 30.6 Å². The van der Waals surface area contributed by atoms with Crippen LogP contribution in [0.1, 0.15) is 32.1 Å². The Kier molecular flexibility index (Phi) is 5.96. The second kappa shape index (κ2) is 8.36. The van der Waals surface area contributed by atoms with Crippen molar-refractivity contribution in [3.8, 4) is 0 Å². The summed E-state index contributed by atoms with van der Waals surface area (Å²) in [6.45, 7) is 2.70. The maximum Gasteiger partial charge on any atom is 0.251 e. The second-order valence-corrected chi connectivity index (χ2v) is 10.6. The molecule has 0 N–H and O–H groups in total. The van der Waals surface area contributed by atoms with Crippen LogP contribution in [0.4, 0.5) is 10.1 Å². The van der Waals surface area contributed by atoms with Crippen LogP contribution in [-0.2, 0) is 19.6 Å². The lowest BCUT2D eigenvalue weighted by atomic mass is 9.79. The molecule has 1 aromatic rings. The van der Waals surface area contributed by atoms with E-state index in [2.05, 4.69) is 4.90 Å². The van der Waals surface area contributed by atoms with Crippen LogP contribution in [0.25, 0.3) is 0 Å². The molecule has 164 valence electrons. The molecule has 3 aliphatic rings. The number of imide groups is 1. The van der Waals surface area contributed by atoms with Crippen LogP contribution in [0.15, 0.2) is 24.3 Å². The number of hydrogen-bond acceptors (Lipinski definition) is 5. The van der Waals surface area contributed by atoms with Crippen molar-refractivity contribution in [2.75, 3.05) is 37.3 Å². The first-order valence-corrected chi connectivity index (χ1v) is 12.4. The molecule has 1 aromatic carbocycles. The summed E-state index contributed by atoms with van der Waals surface area (Å²) in [6.07, 6.45) is 5.11. The molecule has 3 aliphatic heterocycles. The molecule has 2 amide bonds. The number of amides is 2. The number of nitrogens with zero attached hydrogens (tertiary/aromatic N) is 3. The van der Waals surface area contributed by atoms with Gasteiger partial charge in [-0.3, -0.25) is 14.5 Å². The molecule has 3 saturated heterocycles. The number of anilines is 1. The van der Waals surface area contributed by atoms with Crippen molar-refractivity contribution in [2.24, 2.45) is 11.8 Å². The minimum atomic E-state index is -3.11. The first kappa shape index (κ1) is 21.4. The van der Waals surface area contributed by atoms with Gasteiger partial charge in [0.05, 0.1) is 24.4 Å². The molecular formula is C21H28FN3O4S. The number of piperidine rings is 2. The first-order valence-electron chi connectivity index (χ1n) is 10.6. The van der Waals surface area contributed by atoms with Gasteiger partial charge in [-0.05, 0) is 74.9 Å². The van der Waals surface area contributed by atoms with Crippen molar-refractivity contribution in [1.29, 1.82) is 0 Å². The van der Waals surface area contributed by atoms with Crippen molar-refractivity contribution in [3.05, 3.63) is 30.1 Å². The van der Waals surface area contributed by atoms with Gasteiger partial charge in [-0.2, -0.15) is 0 Å². The Balaban J connectivity index is 1.33. The zero-order valence-electron chi connectivity index (χ0n) is 17.2. The molecule has 30 heavy (non-hydrogen) atoms. The number of sulfonamides is 1. The normalized spacial score (nSPS) is 25.9. The molecule has 3 heterocycles. The van der Waals surface area contributed by atoms with E-state index in [1.165, 1.54) is 35.4 Å². The average Bonchev–Trinajstić information content (AvgIpc) is 3.02. The Morgan fingerprint density at radius 2 is 1.43 bits per heavy atom. The topological polar surface area (TPSA) is 78.0 Å². The van der Waals surface area contributed by atoms with Gasteiger partial charge in [0.25, 0.3) is 5.91 Å². The molecular weight excluding hydrogens is 409 g/mol. The van der Waals surface area contributed by atoms with Gasteiger partial charge < -0.3 is 0 Å². The van der Waals surface area contributed by atoms with Crippen molar-refractivity contribution in [1.82, 2.24) is 9.21 Å². The van der Waals surface area contributed by atoms with E-state index in [1.54, 1.807) is 4.31 Å². The number of halogens is 1. The van der Waals surface area contributed by atoms with Gasteiger partial charge in [-0.1, -0.05) is 0 Å². The molecule has 7 nitrogen and oxygen atoms in total. The van der Waals surface area contributed by atoms with Crippen LogP contribution in [0.3, 0.4) is 0 Å². The first-order chi connectivity index (χ1) is 14.2. The van der Waals surface area contributed by atoms with Crippen LogP contribution < -0.4 is 4.90 Å². The summed E-state index contributed by atoms with van der Waals surface area (Å²) < 4.78 is 38.1. The fourth-order valence-corrected chi connectivity index (χ4v) is 6.02. The Hall–Kier alpha value is -1.84. The molecule has 0 spiro atoms. The molecule has 0 saturated carbocycles. The summed E-state index contributed by atoms with van der Waals surface area (Å²) in [4.78, 5) is 28.7. The van der Waals surface area contributed by atoms with Crippen molar-refractivity contribution in [3.63, 3.8) is 0 Å². The number of likely N-dealkylation sites (tertiary alicyclic amines) is 1. The van der Waals surface area contributed by atoms with Crippen molar-refractivity contribution in [2.45, 2.75) is 38.1 Å². The summed E-state index contributed by atoms with van der Waals surface area (Å²) >= 11 is 0. The molecule has 0 aliphatic carbocycles. The molecule has 3 fully saturated rings. The average molecular weight is 438 g/mol. The van der Waals surface area contributed by atoms with Crippen molar-refractivity contribution >= 4 is 27.5 Å². The molecule has 0 radical (unpaired) electrons. The quantitative estimate of drug-likeness (QED) is 0.672. The summed E-state index contributed by atoms with van der Waals surface area (Å²) in [5.74, 6) is 0.169. The number of benzene rings is 1. The van der Waals surface area contributed by atoms with Gasteiger partial charge in [0.15, 0.2) is 0 Å². The Morgan fingerprint density at radius 1 is 0.900 bits per heavy atom. The lowest BCUT2D eigenvalue weighted by Crippen LogP contribution is -2.47. The SMILES string of the molecule is CS(=O)(=O)N1CCC(C2CCN(C3CC(=O)N(c4ccc(F)cc4)C3=O)CC2)CC1. The number of rotatable bonds is 4. The third-order valence-corrected chi connectivity index (χ3v) is 8.16. The van der Waals surface area contributed by atoms with Gasteiger partial charge >= 0.3 is 0 Å². The Morgan fingerprint density at radius 3 is 1.97 bits per heavy atom. The van der Waals surface area contributed by atoms with E-state index in [1.807, 2.05) is 0 Å². The van der Waals surface area contributed by atoms with E-state index >= 15 is 0 Å². The summed E-state index contributed by atoms with van der Waals surface area (Å²) in [5, 5.41) is 0. The molecule has 1 atom stereocenters. The molecule has 4 rings (SSSR count). The number of carbonyl (C=O) groups is 2. The van der Waals surface area contributed by atoms with E-state index in [0.717, 1.165) is 38.8 Å². The van der Waals surface area contributed by atoms with Crippen LogP contribution in [0, 0.1) is 17.7 Å². The fraction of sp³-hybridized carbons (Fsp3) is 0.619. The van der Waals surface area contributed by atoms with Crippen LogP contribution in [0.5, 0.6) is 0 Å². The maximum absolute atomic E-state index is 13.2. The molecule has 0 aromatic heterocycles. The van der Waals surface area contributed by atoms with E-state index in [9.17, 15) is 22.4 Å². The van der Waals surface area contributed by atoms with Gasteiger partial charge in [0.1, 0.15) is 5.82 Å². The highest BCUT2D eigenvalue weighted by Crippen LogP contribution is 2.35. The summed E-state index contributed by atoms with van der Waals surface area (Å²) in [7, 11) is -3.11. The minimum Gasteiger partial charge on any atom is -0.292 e. The number of carbonyl (C=O) groups excluding carboxylic acids is 2. The van der Waals surface area contributed by atoms with E-state index < -0.39 is 21.9 Å². The molecule has 9 heteroatoms. The predicted octanol–water partition coefficient (Wildman–Crippen LogP) is 1.84. The Labute approximate surface area is 176 Å². The fourth-order valence-electron chi connectivity index (χ4n) is 5.14. The van der Waals surface area contributed by atoms with Gasteiger partial charge in [0.2, 0.25) is 15.9 Å². The highest BCUT2D eigenvalue weighted by Gasteiger charge is 2.44. The van der Waals surface area contributed by atoms with Crippen LogP contribution in [-0.4, -0.2) is 67.9 Å². The monoisotopic (exact) mass is 437 g/mol. The zero-order valence-corrected chi connectivity index (χ0v) is 18.0. The highest BCUT2D eigenvalue weighted by molar-refractivity contribution is 7.88. The lowest BCUT2D eigenvalue weighted by Gasteiger charge is -2.40. The summed E-state index contributed by atoms with van der Waals surface area (Å²) in [5.41, 5.74) is 0.418. The zero-order chi connectivity index (χ0) is 21.5. The lowest BCUT2D eigenvalue weighted by molar-refractivity contribution is -0.123. The molecule has 1 unspecified atom stereocenters. The standard InChI is InChI=1S/C21H28FN3O4S/c1-30(28,29)24-12-8-16(9-13-24)15-6-10-23(11-7-15)19-14-20(26)25(21(19)27)18-4-2-17(22)3-5-18/h2-5,15-16,19H,6-14H2,1H3. The third-order valence-electron chi connectivity index (χ3n) is 6.86. The van der Waals surface area contributed by atoms with Crippen LogP contribution in [0.2, 0.25) is 0 Å². The predicted molar refractivity (Wildman–Crippen MR) is 111 cm³/mol. The van der Waals surface area contributed by atoms with Gasteiger partial charge in [-0.15, -0.1) is 0 Å². The van der Waals surface area contributed by atoms with Gasteiger partial charge in [-0.25, -0.2) is 22.0 Å². The second-order valence-electron chi connectivity index (χ2n) is 8.64. The van der Waals surface area contributed by atoms with Gasteiger partial charge in [0, 0.05) is 13.1 Å². The van der Waals surface area contributed by atoms with Crippen molar-refractivity contribution < 1.29 is 22.4 Å². The van der Waals surface area contributed by atoms with E-state index in [-0.39, 0.29) is 18.2 Å². The smallest absolute Gasteiger partial charge is 0.251 e. The maximum atomic E-state index is 13.2. The largest absolute Gasteiger partial charge is 0.292 e. The highest BCUT2D eigenvalue weighted by atomic mass is 32.2. The number of hydrogen-bond donors (Lipinski definition) is 0.